The Bertz CT molecular complexity index is 1240. The van der Waals surface area contributed by atoms with Crippen molar-refractivity contribution in [2.24, 2.45) is 0 Å². The molecule has 2 amide bonds. The van der Waals surface area contributed by atoms with E-state index >= 15 is 0 Å². The van der Waals surface area contributed by atoms with E-state index in [2.05, 4.69) is 20.8 Å². The zero-order valence-electron chi connectivity index (χ0n) is 16.9. The highest BCUT2D eigenvalue weighted by Gasteiger charge is 2.15. The Balaban J connectivity index is 1.19. The van der Waals surface area contributed by atoms with Gasteiger partial charge in [0.25, 0.3) is 5.91 Å². The van der Waals surface area contributed by atoms with Crippen LogP contribution in [0.5, 0.6) is 5.75 Å². The van der Waals surface area contributed by atoms with E-state index in [1.807, 2.05) is 36.4 Å². The lowest BCUT2D eigenvalue weighted by atomic mass is 10.1. The van der Waals surface area contributed by atoms with Crippen LogP contribution in [0.4, 0.5) is 4.39 Å². The standard InChI is InChI=1S/C23H19FN4O4/c24-18-8-5-16(6-9-18)21-27-23(32-28-21)22(30)26-12-11-25-20(29)14-31-19-10-7-15-3-1-2-4-17(15)13-19/h1-10,13H,11-12,14H2,(H,25,29)(H,26,30). The van der Waals surface area contributed by atoms with E-state index in [4.69, 9.17) is 9.26 Å². The molecule has 0 atom stereocenters. The van der Waals surface area contributed by atoms with E-state index in [1.54, 1.807) is 6.07 Å². The predicted octanol–water partition coefficient (Wildman–Crippen LogP) is 2.95. The molecule has 162 valence electrons. The zero-order chi connectivity index (χ0) is 22.3. The maximum absolute atomic E-state index is 13.0. The molecule has 2 N–H and O–H groups in total. The van der Waals surface area contributed by atoms with Crippen LogP contribution < -0.4 is 15.4 Å². The average molecular weight is 434 g/mol. The summed E-state index contributed by atoms with van der Waals surface area (Å²) in [4.78, 5) is 28.1. The van der Waals surface area contributed by atoms with Gasteiger partial charge in [0, 0.05) is 18.7 Å². The molecule has 9 heteroatoms. The van der Waals surface area contributed by atoms with Crippen molar-refractivity contribution in [2.75, 3.05) is 19.7 Å². The second kappa shape index (κ2) is 9.69. The number of fused-ring (bicyclic) bond motifs is 1. The first-order valence-electron chi connectivity index (χ1n) is 9.84. The van der Waals surface area contributed by atoms with Gasteiger partial charge in [-0.1, -0.05) is 35.5 Å². The van der Waals surface area contributed by atoms with Gasteiger partial charge in [-0.15, -0.1) is 0 Å². The van der Waals surface area contributed by atoms with Crippen LogP contribution in [0.3, 0.4) is 0 Å². The third-order valence-electron chi connectivity index (χ3n) is 4.55. The minimum Gasteiger partial charge on any atom is -0.484 e. The average Bonchev–Trinajstić information content (AvgIpc) is 3.31. The molecule has 4 aromatic rings. The Morgan fingerprint density at radius 3 is 2.50 bits per heavy atom. The van der Waals surface area contributed by atoms with Gasteiger partial charge in [0.05, 0.1) is 0 Å². The molecule has 1 heterocycles. The van der Waals surface area contributed by atoms with Crippen LogP contribution in [0.2, 0.25) is 0 Å². The molecule has 1 aromatic heterocycles. The fourth-order valence-electron chi connectivity index (χ4n) is 2.94. The third kappa shape index (κ3) is 5.25. The van der Waals surface area contributed by atoms with Gasteiger partial charge in [0.2, 0.25) is 5.82 Å². The Kier molecular flexibility index (Phi) is 6.35. The minimum atomic E-state index is -0.576. The van der Waals surface area contributed by atoms with E-state index < -0.39 is 5.91 Å². The van der Waals surface area contributed by atoms with Crippen LogP contribution >= 0.6 is 0 Å². The Hall–Kier alpha value is -4.27. The summed E-state index contributed by atoms with van der Waals surface area (Å²) >= 11 is 0. The SMILES string of the molecule is O=C(COc1ccc2ccccc2c1)NCCNC(=O)c1nc(-c2ccc(F)cc2)no1. The van der Waals surface area contributed by atoms with Crippen LogP contribution in [-0.2, 0) is 4.79 Å². The molecule has 0 aliphatic heterocycles. The third-order valence-corrected chi connectivity index (χ3v) is 4.55. The zero-order valence-corrected chi connectivity index (χ0v) is 16.9. The van der Waals surface area contributed by atoms with Gasteiger partial charge in [-0.3, -0.25) is 9.59 Å². The molecule has 0 aliphatic carbocycles. The molecule has 0 fully saturated rings. The smallest absolute Gasteiger partial charge is 0.316 e. The Morgan fingerprint density at radius 2 is 1.69 bits per heavy atom. The van der Waals surface area contributed by atoms with Crippen LogP contribution in [0.15, 0.2) is 71.3 Å². The van der Waals surface area contributed by atoms with Crippen LogP contribution in [0, 0.1) is 5.82 Å². The summed E-state index contributed by atoms with van der Waals surface area (Å²) in [6.07, 6.45) is 0. The van der Waals surface area contributed by atoms with Crippen LogP contribution in [0.25, 0.3) is 22.2 Å². The largest absolute Gasteiger partial charge is 0.484 e. The number of nitrogens with zero attached hydrogens (tertiary/aromatic N) is 2. The highest BCUT2D eigenvalue weighted by molar-refractivity contribution is 5.90. The summed E-state index contributed by atoms with van der Waals surface area (Å²) in [6, 6.07) is 19.0. The van der Waals surface area contributed by atoms with Gasteiger partial charge >= 0.3 is 11.8 Å². The number of aromatic nitrogens is 2. The number of hydrogen-bond acceptors (Lipinski definition) is 6. The van der Waals surface area contributed by atoms with Crippen LogP contribution in [-0.4, -0.2) is 41.7 Å². The lowest BCUT2D eigenvalue weighted by molar-refractivity contribution is -0.123. The number of hydrogen-bond donors (Lipinski definition) is 2. The summed E-state index contributed by atoms with van der Waals surface area (Å²) in [7, 11) is 0. The number of carbonyl (C=O) groups is 2. The fraction of sp³-hybridized carbons (Fsp3) is 0.130. The molecule has 0 spiro atoms. The lowest BCUT2D eigenvalue weighted by Crippen LogP contribution is -2.36. The molecule has 3 aromatic carbocycles. The maximum Gasteiger partial charge on any atom is 0.316 e. The normalized spacial score (nSPS) is 10.7. The first kappa shape index (κ1) is 21.0. The minimum absolute atomic E-state index is 0.142. The van der Waals surface area contributed by atoms with Crippen molar-refractivity contribution in [1.29, 1.82) is 0 Å². The molecule has 0 saturated carbocycles. The number of carbonyl (C=O) groups excluding carboxylic acids is 2. The second-order valence-electron chi connectivity index (χ2n) is 6.83. The topological polar surface area (TPSA) is 106 Å². The highest BCUT2D eigenvalue weighted by Crippen LogP contribution is 2.20. The van der Waals surface area contributed by atoms with Gasteiger partial charge in [-0.25, -0.2) is 4.39 Å². The molecule has 0 saturated heterocycles. The van der Waals surface area contributed by atoms with Crippen molar-refractivity contribution in [3.05, 3.63) is 78.4 Å². The van der Waals surface area contributed by atoms with Gasteiger partial charge < -0.3 is 19.9 Å². The van der Waals surface area contributed by atoms with Gasteiger partial charge in [0.1, 0.15) is 11.6 Å². The summed E-state index contributed by atoms with van der Waals surface area (Å²) in [5.41, 5.74) is 0.521. The number of halogens is 1. The van der Waals surface area contributed by atoms with Crippen molar-refractivity contribution in [3.63, 3.8) is 0 Å². The second-order valence-corrected chi connectivity index (χ2v) is 6.83. The predicted molar refractivity (Wildman–Crippen MR) is 114 cm³/mol. The van der Waals surface area contributed by atoms with Gasteiger partial charge in [0.15, 0.2) is 6.61 Å². The summed E-state index contributed by atoms with van der Waals surface area (Å²) < 4.78 is 23.4. The number of nitrogens with one attached hydrogen (secondary N) is 2. The Morgan fingerprint density at radius 1 is 0.938 bits per heavy atom. The first-order chi connectivity index (χ1) is 15.6. The molecule has 0 unspecified atom stereocenters. The number of benzene rings is 3. The maximum atomic E-state index is 13.0. The monoisotopic (exact) mass is 434 g/mol. The number of ether oxygens (including phenoxy) is 1. The van der Waals surface area contributed by atoms with Crippen LogP contribution in [0.1, 0.15) is 10.7 Å². The van der Waals surface area contributed by atoms with Gasteiger partial charge in [-0.2, -0.15) is 4.98 Å². The molecule has 8 nitrogen and oxygen atoms in total. The van der Waals surface area contributed by atoms with Crippen molar-refractivity contribution in [2.45, 2.75) is 0 Å². The first-order valence-corrected chi connectivity index (χ1v) is 9.84. The molecule has 4 rings (SSSR count). The van der Waals surface area contributed by atoms with E-state index in [-0.39, 0.29) is 43.1 Å². The number of rotatable bonds is 8. The molecular formula is C23H19FN4O4. The van der Waals surface area contributed by atoms with Crippen molar-refractivity contribution >= 4 is 22.6 Å². The van der Waals surface area contributed by atoms with E-state index in [0.29, 0.717) is 11.3 Å². The Labute approximate surface area is 182 Å². The quantitative estimate of drug-likeness (QED) is 0.413. The van der Waals surface area contributed by atoms with Crippen molar-refractivity contribution in [3.8, 4) is 17.1 Å². The summed E-state index contributed by atoms with van der Waals surface area (Å²) in [5.74, 6) is -0.735. The molecule has 0 radical (unpaired) electrons. The van der Waals surface area contributed by atoms with Crippen molar-refractivity contribution < 1.29 is 23.2 Å². The number of amides is 2. The van der Waals surface area contributed by atoms with Crippen molar-refractivity contribution in [1.82, 2.24) is 20.8 Å². The van der Waals surface area contributed by atoms with E-state index in [1.165, 1.54) is 24.3 Å². The molecular weight excluding hydrogens is 415 g/mol. The molecule has 32 heavy (non-hydrogen) atoms. The van der Waals surface area contributed by atoms with Gasteiger partial charge in [-0.05, 0) is 47.2 Å². The molecule has 0 aliphatic rings. The van der Waals surface area contributed by atoms with E-state index in [0.717, 1.165) is 10.8 Å². The highest BCUT2D eigenvalue weighted by atomic mass is 19.1. The summed E-state index contributed by atoms with van der Waals surface area (Å²) in [6.45, 7) is 0.219. The lowest BCUT2D eigenvalue weighted by Gasteiger charge is -2.08. The summed E-state index contributed by atoms with van der Waals surface area (Å²) in [5, 5.41) is 11.0. The molecule has 0 bridgehead atoms. The van der Waals surface area contributed by atoms with E-state index in [9.17, 15) is 14.0 Å². The fourth-order valence-corrected chi connectivity index (χ4v) is 2.94.